The highest BCUT2D eigenvalue weighted by Crippen LogP contribution is 2.22. The number of hydrogen-bond donors (Lipinski definition) is 2. The van der Waals surface area contributed by atoms with Crippen LogP contribution in [0, 0.1) is 5.92 Å². The molecule has 0 spiro atoms. The molecule has 2 rings (SSSR count). The molecular weight excluding hydrogens is 475 g/mol. The van der Waals surface area contributed by atoms with E-state index in [0.29, 0.717) is 5.92 Å². The molecule has 2 N–H and O–H groups in total. The molecule has 0 unspecified atom stereocenters. The van der Waals surface area contributed by atoms with Crippen LogP contribution in [0.4, 0.5) is 0 Å². The number of halogens is 2. The lowest BCUT2D eigenvalue weighted by molar-refractivity contribution is 0.180. The maximum Gasteiger partial charge on any atom is 0.191 e. The van der Waals surface area contributed by atoms with Crippen molar-refractivity contribution in [2.45, 2.75) is 32.7 Å². The smallest absolute Gasteiger partial charge is 0.191 e. The maximum absolute atomic E-state index is 6.28. The fourth-order valence-electron chi connectivity index (χ4n) is 3.18. The summed E-state index contributed by atoms with van der Waals surface area (Å²) < 4.78 is 5.09. The minimum Gasteiger partial charge on any atom is -0.385 e. The van der Waals surface area contributed by atoms with Crippen LogP contribution in [-0.2, 0) is 11.3 Å². The van der Waals surface area contributed by atoms with E-state index in [9.17, 15) is 0 Å². The predicted molar refractivity (Wildman–Crippen MR) is 125 cm³/mol. The monoisotopic (exact) mass is 508 g/mol. The van der Waals surface area contributed by atoms with Crippen LogP contribution in [0.2, 0.25) is 5.02 Å². The Labute approximate surface area is 186 Å². The van der Waals surface area contributed by atoms with Crippen LogP contribution < -0.4 is 10.6 Å². The standard InChI is InChI=1S/C20H33ClN4O.HI/c1-3-22-20(23-11-6-14-26-2)24-15-17-9-12-25(13-10-17)16-18-7-4-5-8-19(18)21;/h4-5,7-8,17H,3,6,9-16H2,1-2H3,(H2,22,23,24);1H. The Kier molecular flexibility index (Phi) is 13.1. The number of hydrogen-bond acceptors (Lipinski definition) is 3. The van der Waals surface area contributed by atoms with Gasteiger partial charge >= 0.3 is 0 Å². The second kappa shape index (κ2) is 14.4. The quantitative estimate of drug-likeness (QED) is 0.231. The van der Waals surface area contributed by atoms with Crippen LogP contribution in [0.5, 0.6) is 0 Å². The Hall–Kier alpha value is -0.570. The Morgan fingerprint density at radius 1 is 1.26 bits per heavy atom. The zero-order chi connectivity index (χ0) is 18.6. The number of guanidine groups is 1. The van der Waals surface area contributed by atoms with Gasteiger partial charge in [-0.3, -0.25) is 9.89 Å². The third-order valence-electron chi connectivity index (χ3n) is 4.73. The van der Waals surface area contributed by atoms with Crippen LogP contribution >= 0.6 is 35.6 Å². The second-order valence-corrected chi connectivity index (χ2v) is 7.21. The molecule has 0 amide bonds. The molecule has 0 aromatic heterocycles. The third kappa shape index (κ3) is 9.45. The molecule has 1 fully saturated rings. The number of ether oxygens (including phenoxy) is 1. The summed E-state index contributed by atoms with van der Waals surface area (Å²) in [5.74, 6) is 1.58. The summed E-state index contributed by atoms with van der Waals surface area (Å²) in [6.07, 6.45) is 3.37. The van der Waals surface area contributed by atoms with Crippen LogP contribution in [0.25, 0.3) is 0 Å². The molecule has 1 aliphatic rings. The normalized spacial score (nSPS) is 16.0. The predicted octanol–water partition coefficient (Wildman–Crippen LogP) is 3.76. The van der Waals surface area contributed by atoms with E-state index >= 15 is 0 Å². The highest BCUT2D eigenvalue weighted by atomic mass is 127. The number of nitrogens with one attached hydrogen (secondary N) is 2. The summed E-state index contributed by atoms with van der Waals surface area (Å²) in [5, 5.41) is 7.57. The fraction of sp³-hybridized carbons (Fsp3) is 0.650. The van der Waals surface area contributed by atoms with E-state index in [1.807, 2.05) is 12.1 Å². The second-order valence-electron chi connectivity index (χ2n) is 6.80. The van der Waals surface area contributed by atoms with Crippen molar-refractivity contribution in [1.82, 2.24) is 15.5 Å². The van der Waals surface area contributed by atoms with Crippen LogP contribution in [0.15, 0.2) is 29.3 Å². The van der Waals surface area contributed by atoms with Gasteiger partial charge in [0.2, 0.25) is 0 Å². The van der Waals surface area contributed by atoms with E-state index in [4.69, 9.17) is 21.3 Å². The molecule has 0 aliphatic carbocycles. The molecule has 0 bridgehead atoms. The first-order valence-corrected chi connectivity index (χ1v) is 10.1. The van der Waals surface area contributed by atoms with Gasteiger partial charge in [0.05, 0.1) is 0 Å². The number of rotatable bonds is 9. The average molecular weight is 509 g/mol. The highest BCUT2D eigenvalue weighted by molar-refractivity contribution is 14.0. The lowest BCUT2D eigenvalue weighted by atomic mass is 9.96. The Morgan fingerprint density at radius 3 is 2.67 bits per heavy atom. The van der Waals surface area contributed by atoms with Gasteiger partial charge in [-0.05, 0) is 56.8 Å². The van der Waals surface area contributed by atoms with E-state index in [-0.39, 0.29) is 24.0 Å². The van der Waals surface area contributed by atoms with Crippen LogP contribution in [-0.4, -0.2) is 57.3 Å². The molecule has 0 saturated carbocycles. The van der Waals surface area contributed by atoms with Crippen molar-refractivity contribution >= 4 is 41.5 Å². The summed E-state index contributed by atoms with van der Waals surface area (Å²) >= 11 is 6.28. The summed E-state index contributed by atoms with van der Waals surface area (Å²) in [6, 6.07) is 8.14. The van der Waals surface area contributed by atoms with E-state index in [1.54, 1.807) is 7.11 Å². The minimum atomic E-state index is 0. The van der Waals surface area contributed by atoms with Crippen molar-refractivity contribution in [3.05, 3.63) is 34.9 Å². The largest absolute Gasteiger partial charge is 0.385 e. The topological polar surface area (TPSA) is 48.9 Å². The molecule has 5 nitrogen and oxygen atoms in total. The highest BCUT2D eigenvalue weighted by Gasteiger charge is 2.19. The van der Waals surface area contributed by atoms with E-state index in [1.165, 1.54) is 18.4 Å². The Bertz CT molecular complexity index is 551. The lowest BCUT2D eigenvalue weighted by Crippen LogP contribution is -2.39. The Morgan fingerprint density at radius 2 is 2.00 bits per heavy atom. The van der Waals surface area contributed by atoms with Crippen molar-refractivity contribution < 1.29 is 4.74 Å². The minimum absolute atomic E-state index is 0. The number of aliphatic imine (C=N–C) groups is 1. The van der Waals surface area contributed by atoms with Gasteiger partial charge in [0.1, 0.15) is 0 Å². The zero-order valence-corrected chi connectivity index (χ0v) is 19.6. The molecular formula is C20H34ClIN4O. The first-order valence-electron chi connectivity index (χ1n) is 9.69. The first-order chi connectivity index (χ1) is 12.7. The van der Waals surface area contributed by atoms with Crippen molar-refractivity contribution in [2.24, 2.45) is 10.9 Å². The molecule has 1 aliphatic heterocycles. The van der Waals surface area contributed by atoms with Gasteiger partial charge in [0.25, 0.3) is 0 Å². The summed E-state index contributed by atoms with van der Waals surface area (Å²) in [4.78, 5) is 7.27. The Balaban J connectivity index is 0.00000364. The van der Waals surface area contributed by atoms with Gasteiger partial charge in [-0.2, -0.15) is 0 Å². The van der Waals surface area contributed by atoms with Crippen LogP contribution in [0.3, 0.4) is 0 Å². The first kappa shape index (κ1) is 24.5. The molecule has 1 heterocycles. The SMILES string of the molecule is CCNC(=NCC1CCN(Cc2ccccc2Cl)CC1)NCCCOC.I. The lowest BCUT2D eigenvalue weighted by Gasteiger charge is -2.31. The molecule has 1 aromatic carbocycles. The van der Waals surface area contributed by atoms with Crippen LogP contribution in [0.1, 0.15) is 31.7 Å². The number of piperidine rings is 1. The fourth-order valence-corrected chi connectivity index (χ4v) is 3.38. The van der Waals surface area contributed by atoms with E-state index in [0.717, 1.165) is 63.3 Å². The summed E-state index contributed by atoms with van der Waals surface area (Å²) in [7, 11) is 1.73. The molecule has 0 radical (unpaired) electrons. The number of benzene rings is 1. The summed E-state index contributed by atoms with van der Waals surface area (Å²) in [6.45, 7) is 8.70. The number of likely N-dealkylation sites (tertiary alicyclic amines) is 1. The zero-order valence-electron chi connectivity index (χ0n) is 16.5. The van der Waals surface area contributed by atoms with Gasteiger partial charge in [-0.25, -0.2) is 0 Å². The van der Waals surface area contributed by atoms with Crippen molar-refractivity contribution in [2.75, 3.05) is 46.4 Å². The summed E-state index contributed by atoms with van der Waals surface area (Å²) in [5.41, 5.74) is 1.22. The van der Waals surface area contributed by atoms with Crippen molar-refractivity contribution in [1.29, 1.82) is 0 Å². The van der Waals surface area contributed by atoms with Gasteiger partial charge in [0.15, 0.2) is 5.96 Å². The van der Waals surface area contributed by atoms with Crippen molar-refractivity contribution in [3.63, 3.8) is 0 Å². The van der Waals surface area contributed by atoms with Crippen molar-refractivity contribution in [3.8, 4) is 0 Å². The molecule has 1 saturated heterocycles. The van der Waals surface area contributed by atoms with Gasteiger partial charge in [-0.15, -0.1) is 24.0 Å². The molecule has 7 heteroatoms. The average Bonchev–Trinajstić information content (AvgIpc) is 2.66. The van der Waals surface area contributed by atoms with Gasteiger partial charge in [0, 0.05) is 44.9 Å². The molecule has 0 atom stereocenters. The molecule has 27 heavy (non-hydrogen) atoms. The van der Waals surface area contributed by atoms with Gasteiger partial charge < -0.3 is 15.4 Å². The van der Waals surface area contributed by atoms with Gasteiger partial charge in [-0.1, -0.05) is 29.8 Å². The molecule has 154 valence electrons. The number of methoxy groups -OCH3 is 1. The number of nitrogens with zero attached hydrogens (tertiary/aromatic N) is 2. The maximum atomic E-state index is 6.28. The third-order valence-corrected chi connectivity index (χ3v) is 5.10. The molecule has 1 aromatic rings. The van der Waals surface area contributed by atoms with E-state index in [2.05, 4.69) is 34.6 Å². The van der Waals surface area contributed by atoms with E-state index < -0.39 is 0 Å².